The van der Waals surface area contributed by atoms with Crippen LogP contribution in [0.4, 0.5) is 5.82 Å². The van der Waals surface area contributed by atoms with Crippen molar-refractivity contribution in [3.05, 3.63) is 22.3 Å². The number of hydrogen-bond donors (Lipinski definition) is 1. The van der Waals surface area contributed by atoms with Crippen molar-refractivity contribution in [3.8, 4) is 0 Å². The van der Waals surface area contributed by atoms with Gasteiger partial charge >= 0.3 is 0 Å². The van der Waals surface area contributed by atoms with Crippen molar-refractivity contribution in [3.63, 3.8) is 0 Å². The van der Waals surface area contributed by atoms with E-state index in [-0.39, 0.29) is 0 Å². The molecule has 2 rings (SSSR count). The van der Waals surface area contributed by atoms with E-state index in [0.717, 1.165) is 35.9 Å². The Morgan fingerprint density at radius 3 is 2.90 bits per heavy atom. The van der Waals surface area contributed by atoms with Crippen molar-refractivity contribution in [1.82, 2.24) is 10.3 Å². The smallest absolute Gasteiger partial charge is 0.133 e. The second-order valence-corrected chi connectivity index (χ2v) is 6.35. The van der Waals surface area contributed by atoms with Crippen LogP contribution in [0.1, 0.15) is 25.3 Å². The molecule has 5 heteroatoms. The molecule has 1 aromatic heterocycles. The average Bonchev–Trinajstić information content (AvgIpc) is 3.25. The van der Waals surface area contributed by atoms with Crippen LogP contribution in [-0.4, -0.2) is 38.3 Å². The minimum absolute atomic E-state index is 0.523. The van der Waals surface area contributed by atoms with E-state index in [1.54, 1.807) is 7.11 Å². The molecule has 20 heavy (non-hydrogen) atoms. The molecule has 112 valence electrons. The second kappa shape index (κ2) is 7.38. The van der Waals surface area contributed by atoms with Crippen molar-refractivity contribution < 1.29 is 4.74 Å². The highest BCUT2D eigenvalue weighted by molar-refractivity contribution is 9.10. The van der Waals surface area contributed by atoms with Gasteiger partial charge in [-0.1, -0.05) is 0 Å². The van der Waals surface area contributed by atoms with Gasteiger partial charge in [-0.15, -0.1) is 0 Å². The van der Waals surface area contributed by atoms with Crippen LogP contribution in [0, 0.1) is 5.92 Å². The Hall–Kier alpha value is -0.650. The lowest BCUT2D eigenvalue weighted by atomic mass is 10.1. The number of ether oxygens (including phenoxy) is 1. The Morgan fingerprint density at radius 2 is 2.30 bits per heavy atom. The van der Waals surface area contributed by atoms with Gasteiger partial charge in [0.25, 0.3) is 0 Å². The maximum Gasteiger partial charge on any atom is 0.133 e. The number of methoxy groups -OCH3 is 1. The van der Waals surface area contributed by atoms with E-state index in [9.17, 15) is 0 Å². The molecule has 0 spiro atoms. The summed E-state index contributed by atoms with van der Waals surface area (Å²) in [7, 11) is 3.72. The summed E-state index contributed by atoms with van der Waals surface area (Å²) in [6.45, 7) is 4.75. The first kappa shape index (κ1) is 15.7. The van der Waals surface area contributed by atoms with Gasteiger partial charge in [0.05, 0.1) is 6.61 Å². The number of rotatable bonds is 8. The minimum atomic E-state index is 0.523. The Bertz CT molecular complexity index is 437. The Kier molecular flexibility index (Phi) is 5.81. The number of nitrogens with one attached hydrogen (secondary N) is 1. The van der Waals surface area contributed by atoms with E-state index in [1.807, 2.05) is 13.2 Å². The monoisotopic (exact) mass is 341 g/mol. The fourth-order valence-corrected chi connectivity index (χ4v) is 2.96. The average molecular weight is 342 g/mol. The van der Waals surface area contributed by atoms with Crippen LogP contribution in [-0.2, 0) is 11.3 Å². The lowest BCUT2D eigenvalue weighted by molar-refractivity contribution is 0.202. The van der Waals surface area contributed by atoms with Gasteiger partial charge in [-0.05, 0) is 54.7 Å². The molecule has 0 aliphatic heterocycles. The van der Waals surface area contributed by atoms with Gasteiger partial charge in [0.15, 0.2) is 0 Å². The van der Waals surface area contributed by atoms with E-state index < -0.39 is 0 Å². The van der Waals surface area contributed by atoms with Crippen LogP contribution in [0.5, 0.6) is 0 Å². The summed E-state index contributed by atoms with van der Waals surface area (Å²) >= 11 is 3.51. The molecular weight excluding hydrogens is 318 g/mol. The van der Waals surface area contributed by atoms with Gasteiger partial charge in [-0.2, -0.15) is 0 Å². The zero-order valence-corrected chi connectivity index (χ0v) is 14.1. The van der Waals surface area contributed by atoms with Crippen molar-refractivity contribution >= 4 is 21.7 Å². The first-order valence-corrected chi connectivity index (χ1v) is 8.01. The lowest BCUT2D eigenvalue weighted by Gasteiger charge is -2.32. The predicted octanol–water partition coefficient (Wildman–Crippen LogP) is 2.81. The number of pyridine rings is 1. The van der Waals surface area contributed by atoms with E-state index in [0.29, 0.717) is 6.04 Å². The zero-order chi connectivity index (χ0) is 14.5. The molecule has 0 aromatic carbocycles. The summed E-state index contributed by atoms with van der Waals surface area (Å²) in [5.74, 6) is 1.89. The van der Waals surface area contributed by atoms with Crippen molar-refractivity contribution in [2.24, 2.45) is 5.92 Å². The molecule has 0 bridgehead atoms. The summed E-state index contributed by atoms with van der Waals surface area (Å²) in [6, 6.07) is 2.67. The third-order valence-corrected chi connectivity index (χ3v) is 4.31. The predicted molar refractivity (Wildman–Crippen MR) is 86.1 cm³/mol. The Balaban J connectivity index is 2.25. The fourth-order valence-electron chi connectivity index (χ4n) is 2.58. The molecule has 1 saturated carbocycles. The van der Waals surface area contributed by atoms with Gasteiger partial charge in [-0.25, -0.2) is 4.98 Å². The molecule has 1 fully saturated rings. The maximum absolute atomic E-state index is 5.27. The van der Waals surface area contributed by atoms with E-state index >= 15 is 0 Å². The molecule has 1 aromatic rings. The molecule has 1 unspecified atom stereocenters. The van der Waals surface area contributed by atoms with Gasteiger partial charge in [0.2, 0.25) is 0 Å². The summed E-state index contributed by atoms with van der Waals surface area (Å²) in [5.41, 5.74) is 1.23. The molecule has 1 aliphatic carbocycles. The SMILES string of the molecule is CNCc1cc(Br)cnc1N(CCOC)C(C)C1CC1. The van der Waals surface area contributed by atoms with E-state index in [4.69, 9.17) is 4.74 Å². The quantitative estimate of drug-likeness (QED) is 0.788. The molecule has 4 nitrogen and oxygen atoms in total. The van der Waals surface area contributed by atoms with Gasteiger partial charge in [-0.3, -0.25) is 0 Å². The largest absolute Gasteiger partial charge is 0.383 e. The number of hydrogen-bond acceptors (Lipinski definition) is 4. The highest BCUT2D eigenvalue weighted by atomic mass is 79.9. The van der Waals surface area contributed by atoms with Gasteiger partial charge in [0, 0.05) is 42.5 Å². The van der Waals surface area contributed by atoms with Crippen LogP contribution in [0.15, 0.2) is 16.7 Å². The third kappa shape index (κ3) is 3.93. The summed E-state index contributed by atoms with van der Waals surface area (Å²) in [5, 5.41) is 3.23. The molecular formula is C15H24BrN3O. The first-order chi connectivity index (χ1) is 9.67. The molecule has 1 atom stereocenters. The number of halogens is 1. The molecule has 0 saturated heterocycles. The Morgan fingerprint density at radius 1 is 1.55 bits per heavy atom. The topological polar surface area (TPSA) is 37.4 Å². The molecule has 0 radical (unpaired) electrons. The van der Waals surface area contributed by atoms with E-state index in [2.05, 4.69) is 44.1 Å². The lowest BCUT2D eigenvalue weighted by Crippen LogP contribution is -2.38. The van der Waals surface area contributed by atoms with Gasteiger partial charge < -0.3 is 15.0 Å². The normalized spacial score (nSPS) is 16.2. The zero-order valence-electron chi connectivity index (χ0n) is 12.5. The van der Waals surface area contributed by atoms with Crippen LogP contribution in [0.25, 0.3) is 0 Å². The number of nitrogens with zero attached hydrogens (tertiary/aromatic N) is 2. The van der Waals surface area contributed by atoms with Crippen LogP contribution in [0.3, 0.4) is 0 Å². The fraction of sp³-hybridized carbons (Fsp3) is 0.667. The summed E-state index contributed by atoms with van der Waals surface area (Å²) in [6.07, 6.45) is 4.55. The minimum Gasteiger partial charge on any atom is -0.383 e. The third-order valence-electron chi connectivity index (χ3n) is 3.88. The highest BCUT2D eigenvalue weighted by Crippen LogP contribution is 2.37. The Labute approximate surface area is 130 Å². The van der Waals surface area contributed by atoms with E-state index in [1.165, 1.54) is 18.4 Å². The highest BCUT2D eigenvalue weighted by Gasteiger charge is 2.33. The number of aromatic nitrogens is 1. The molecule has 1 N–H and O–H groups in total. The second-order valence-electron chi connectivity index (χ2n) is 5.43. The van der Waals surface area contributed by atoms with Crippen LogP contribution in [0.2, 0.25) is 0 Å². The maximum atomic E-state index is 5.27. The number of anilines is 1. The first-order valence-electron chi connectivity index (χ1n) is 7.22. The molecule has 0 amide bonds. The molecule has 1 aliphatic rings. The van der Waals surface area contributed by atoms with Crippen molar-refractivity contribution in [2.75, 3.05) is 32.2 Å². The summed E-state index contributed by atoms with van der Waals surface area (Å²) < 4.78 is 6.30. The van der Waals surface area contributed by atoms with Crippen LogP contribution >= 0.6 is 15.9 Å². The van der Waals surface area contributed by atoms with Crippen LogP contribution < -0.4 is 10.2 Å². The van der Waals surface area contributed by atoms with Crippen molar-refractivity contribution in [1.29, 1.82) is 0 Å². The van der Waals surface area contributed by atoms with Gasteiger partial charge in [0.1, 0.15) is 5.82 Å². The van der Waals surface area contributed by atoms with Crippen molar-refractivity contribution in [2.45, 2.75) is 32.4 Å². The summed E-state index contributed by atoms with van der Waals surface area (Å²) in [4.78, 5) is 7.07. The standard InChI is InChI=1S/C15H24BrN3O/c1-11(12-4-5-12)19(6-7-20-3)15-13(9-17-2)8-14(16)10-18-15/h8,10-12,17H,4-7,9H2,1-3H3. The molecule has 1 heterocycles.